The number of amides is 1. The van der Waals surface area contributed by atoms with Crippen LogP contribution in [0.2, 0.25) is 0 Å². The summed E-state index contributed by atoms with van der Waals surface area (Å²) in [4.78, 5) is 45.2. The highest BCUT2D eigenvalue weighted by molar-refractivity contribution is 6.09. The number of rotatable bonds is 12. The summed E-state index contributed by atoms with van der Waals surface area (Å²) in [5.74, 6) is -1.27. The molecule has 1 amide bonds. The number of unbranched alkanes of at least 4 members (excludes halogenated alkanes) is 1. The number of aromatic nitrogens is 1. The number of nitrogens with zero attached hydrogens (tertiary/aromatic N) is 2. The Balaban J connectivity index is 1.87. The SMILES string of the molecule is CCCCC(=O)N/C(=N/C=N)c1ccc([C@]2(C#N)O[C@H](COC(=O)CC3CCCCCC3)[C@@H](OC(=O)[C@@H](N)C(C)(C)C)[C@H]2O)[nH]1. The van der Waals surface area contributed by atoms with Gasteiger partial charge in [-0.25, -0.2) is 4.99 Å². The van der Waals surface area contributed by atoms with Gasteiger partial charge in [-0.05, 0) is 42.7 Å². The van der Waals surface area contributed by atoms with E-state index in [1.807, 2.05) is 13.0 Å². The number of aliphatic hydroxyl groups excluding tert-OH is 1. The Kier molecular flexibility index (Phi) is 12.8. The third-order valence-electron chi connectivity index (χ3n) is 8.43. The monoisotopic (exact) mass is 628 g/mol. The Morgan fingerprint density at radius 2 is 1.98 bits per heavy atom. The van der Waals surface area contributed by atoms with Crippen LogP contribution in [0.25, 0.3) is 0 Å². The number of nitrogens with one attached hydrogen (secondary N) is 3. The molecule has 1 aromatic rings. The van der Waals surface area contributed by atoms with Crippen LogP contribution < -0.4 is 11.1 Å². The van der Waals surface area contributed by atoms with Crippen LogP contribution in [0.5, 0.6) is 0 Å². The van der Waals surface area contributed by atoms with Gasteiger partial charge in [-0.1, -0.05) is 59.8 Å². The summed E-state index contributed by atoms with van der Waals surface area (Å²) < 4.78 is 17.4. The fraction of sp³-hybridized carbons (Fsp3) is 0.688. The minimum atomic E-state index is -2.07. The number of hydrogen-bond donors (Lipinski definition) is 5. The lowest BCUT2D eigenvalue weighted by atomic mass is 9.87. The molecule has 0 bridgehead atoms. The Morgan fingerprint density at radius 1 is 1.29 bits per heavy atom. The zero-order chi connectivity index (χ0) is 33.2. The zero-order valence-electron chi connectivity index (χ0n) is 26.8. The van der Waals surface area contributed by atoms with Crippen molar-refractivity contribution in [3.05, 3.63) is 23.5 Å². The lowest BCUT2D eigenvalue weighted by Crippen LogP contribution is -2.49. The fourth-order valence-corrected chi connectivity index (χ4v) is 5.57. The topological polar surface area (TPSA) is 213 Å². The minimum Gasteiger partial charge on any atom is -0.463 e. The lowest BCUT2D eigenvalue weighted by Gasteiger charge is -2.28. The van der Waals surface area contributed by atoms with Crippen molar-refractivity contribution < 1.29 is 33.7 Å². The molecule has 6 N–H and O–H groups in total. The van der Waals surface area contributed by atoms with E-state index in [0.717, 1.165) is 51.3 Å². The van der Waals surface area contributed by atoms with Crippen LogP contribution in [0.3, 0.4) is 0 Å². The van der Waals surface area contributed by atoms with E-state index in [2.05, 4.69) is 15.3 Å². The highest BCUT2D eigenvalue weighted by Gasteiger charge is 2.59. The van der Waals surface area contributed by atoms with Gasteiger partial charge in [-0.2, -0.15) is 5.26 Å². The summed E-state index contributed by atoms with van der Waals surface area (Å²) >= 11 is 0. The number of amidine groups is 1. The maximum Gasteiger partial charge on any atom is 0.323 e. The molecule has 0 unspecified atom stereocenters. The number of carbonyl (C=O) groups excluding carboxylic acids is 3. The average Bonchev–Trinajstić information content (AvgIpc) is 3.49. The van der Waals surface area contributed by atoms with Gasteiger partial charge < -0.3 is 35.4 Å². The van der Waals surface area contributed by atoms with Crippen LogP contribution in [-0.2, 0) is 34.2 Å². The number of aliphatic imine (C=N–C) groups is 1. The molecule has 1 aromatic heterocycles. The molecule has 1 saturated heterocycles. The van der Waals surface area contributed by atoms with Gasteiger partial charge in [0.25, 0.3) is 0 Å². The van der Waals surface area contributed by atoms with Gasteiger partial charge in [-0.15, -0.1) is 0 Å². The number of H-pyrrole nitrogens is 1. The quantitative estimate of drug-likeness (QED) is 0.0992. The molecule has 2 fully saturated rings. The van der Waals surface area contributed by atoms with E-state index in [-0.39, 0.29) is 48.5 Å². The molecule has 1 aliphatic heterocycles. The summed E-state index contributed by atoms with van der Waals surface area (Å²) in [5.41, 5.74) is 3.74. The van der Waals surface area contributed by atoms with Crippen LogP contribution in [0, 0.1) is 28.1 Å². The van der Waals surface area contributed by atoms with Crippen molar-refractivity contribution in [1.29, 1.82) is 10.7 Å². The van der Waals surface area contributed by atoms with Crippen LogP contribution in [-0.4, -0.2) is 71.1 Å². The smallest absolute Gasteiger partial charge is 0.323 e. The molecule has 45 heavy (non-hydrogen) atoms. The van der Waals surface area contributed by atoms with Crippen molar-refractivity contribution in [3.8, 4) is 6.07 Å². The number of esters is 2. The maximum absolute atomic E-state index is 13.1. The average molecular weight is 629 g/mol. The molecular formula is C32H48N6O7. The van der Waals surface area contributed by atoms with Gasteiger partial charge in [0.05, 0.1) is 11.4 Å². The molecule has 3 rings (SSSR count). The summed E-state index contributed by atoms with van der Waals surface area (Å²) in [6.45, 7) is 6.89. The van der Waals surface area contributed by atoms with Crippen LogP contribution in [0.15, 0.2) is 17.1 Å². The molecule has 2 heterocycles. The van der Waals surface area contributed by atoms with Crippen molar-refractivity contribution in [3.63, 3.8) is 0 Å². The normalized spacial score (nSPS) is 25.1. The summed E-state index contributed by atoms with van der Waals surface area (Å²) in [6, 6.07) is 3.95. The summed E-state index contributed by atoms with van der Waals surface area (Å²) in [7, 11) is 0. The van der Waals surface area contributed by atoms with E-state index in [1.165, 1.54) is 12.1 Å². The van der Waals surface area contributed by atoms with E-state index in [4.69, 9.17) is 25.4 Å². The summed E-state index contributed by atoms with van der Waals surface area (Å²) in [6.07, 6.45) is 4.81. The van der Waals surface area contributed by atoms with Gasteiger partial charge in [0.2, 0.25) is 11.5 Å². The predicted octanol–water partition coefficient (Wildman–Crippen LogP) is 3.34. The number of nitrogens with two attached hydrogens (primary N) is 1. The molecule has 1 saturated carbocycles. The fourth-order valence-electron chi connectivity index (χ4n) is 5.57. The van der Waals surface area contributed by atoms with Crippen LogP contribution in [0.4, 0.5) is 0 Å². The Hall–Kier alpha value is -3.60. The van der Waals surface area contributed by atoms with Crippen LogP contribution >= 0.6 is 0 Å². The number of ether oxygens (including phenoxy) is 3. The van der Waals surface area contributed by atoms with Crippen molar-refractivity contribution in [2.45, 2.75) is 122 Å². The molecular weight excluding hydrogens is 580 g/mol. The molecule has 13 heteroatoms. The van der Waals surface area contributed by atoms with Crippen molar-refractivity contribution >= 4 is 30.0 Å². The van der Waals surface area contributed by atoms with E-state index in [9.17, 15) is 24.8 Å². The zero-order valence-corrected chi connectivity index (χ0v) is 26.8. The maximum atomic E-state index is 13.1. The first-order valence-corrected chi connectivity index (χ1v) is 15.8. The molecule has 2 aliphatic rings. The highest BCUT2D eigenvalue weighted by atomic mass is 16.6. The third kappa shape index (κ3) is 9.22. The van der Waals surface area contributed by atoms with Crippen molar-refractivity contribution in [2.75, 3.05) is 6.61 Å². The first kappa shape index (κ1) is 35.9. The van der Waals surface area contributed by atoms with Crippen molar-refractivity contribution in [1.82, 2.24) is 10.3 Å². The Bertz CT molecular complexity index is 1260. The minimum absolute atomic E-state index is 0.0426. The first-order chi connectivity index (χ1) is 21.4. The highest BCUT2D eigenvalue weighted by Crippen LogP contribution is 2.41. The first-order valence-electron chi connectivity index (χ1n) is 15.8. The number of carbonyl (C=O) groups is 3. The van der Waals surface area contributed by atoms with E-state index in [1.54, 1.807) is 20.8 Å². The van der Waals surface area contributed by atoms with Crippen molar-refractivity contribution in [2.24, 2.45) is 22.1 Å². The molecule has 13 nitrogen and oxygen atoms in total. The largest absolute Gasteiger partial charge is 0.463 e. The molecule has 5 atom stereocenters. The van der Waals surface area contributed by atoms with Gasteiger partial charge in [0, 0.05) is 12.8 Å². The molecule has 1 aliphatic carbocycles. The Morgan fingerprint density at radius 3 is 2.58 bits per heavy atom. The number of nitriles is 1. The Labute approximate surface area is 264 Å². The number of hydrogen-bond acceptors (Lipinski definition) is 10. The molecule has 248 valence electrons. The number of aliphatic hydroxyl groups is 1. The van der Waals surface area contributed by atoms with Gasteiger partial charge in [-0.3, -0.25) is 19.8 Å². The third-order valence-corrected chi connectivity index (χ3v) is 8.43. The second-order valence-corrected chi connectivity index (χ2v) is 13.0. The lowest BCUT2D eigenvalue weighted by molar-refractivity contribution is -0.163. The predicted molar refractivity (Wildman–Crippen MR) is 166 cm³/mol. The van der Waals surface area contributed by atoms with Gasteiger partial charge >= 0.3 is 11.9 Å². The second kappa shape index (κ2) is 16.1. The molecule has 0 radical (unpaired) electrons. The van der Waals surface area contributed by atoms with Gasteiger partial charge in [0.15, 0.2) is 11.9 Å². The van der Waals surface area contributed by atoms with Gasteiger partial charge in [0.1, 0.15) is 37.3 Å². The van der Waals surface area contributed by atoms with E-state index < -0.39 is 47.3 Å². The van der Waals surface area contributed by atoms with E-state index in [0.29, 0.717) is 6.42 Å². The summed E-state index contributed by atoms with van der Waals surface area (Å²) in [5, 5.41) is 32.0. The second-order valence-electron chi connectivity index (χ2n) is 13.0. The standard InChI is InChI=1S/C32H48N6O7/c1-5-6-13-24(39)38-29(36-19-34)21-14-15-23(37-21)32(18-33)28(41)26(44-30(42)27(35)31(2,3)4)22(45-32)17-43-25(40)16-20-11-9-7-8-10-12-20/h14-15,19-20,22,26-28,37,41H,5-13,16-17,35H2,1-4H3,(H2,34,36,38,39)/t22-,26-,27-,28-,32+/m1/s1. The number of aromatic amines is 1. The van der Waals surface area contributed by atoms with E-state index >= 15 is 0 Å². The van der Waals surface area contributed by atoms with Crippen LogP contribution in [0.1, 0.15) is 103 Å². The molecule has 0 spiro atoms. The molecule has 0 aromatic carbocycles.